The molecule has 1 N–H and O–H groups in total. The third-order valence-corrected chi connectivity index (χ3v) is 3.78. The minimum atomic E-state index is 0.825. The Hall–Kier alpha value is 0.310. The van der Waals surface area contributed by atoms with E-state index < -0.39 is 0 Å². The zero-order valence-corrected chi connectivity index (χ0v) is 9.83. The highest BCUT2D eigenvalue weighted by Crippen LogP contribution is 2.21. The molecule has 78 valence electrons. The molecule has 1 rings (SSSR count). The van der Waals surface area contributed by atoms with Crippen molar-refractivity contribution >= 4 is 11.8 Å². The van der Waals surface area contributed by atoms with Crippen LogP contribution in [0.25, 0.3) is 0 Å². The highest BCUT2D eigenvalue weighted by atomic mass is 32.2. The third-order valence-electron chi connectivity index (χ3n) is 3.08. The number of hydrogen-bond acceptors (Lipinski definition) is 2. The lowest BCUT2D eigenvalue weighted by Gasteiger charge is -2.29. The standard InChI is InChI=1S/C11H23NS/c1-3-10-6-7-12-11(9-10)5-4-8-13-2/h10-12H,3-9H2,1-2H3. The van der Waals surface area contributed by atoms with Crippen LogP contribution in [0.15, 0.2) is 0 Å². The zero-order valence-electron chi connectivity index (χ0n) is 9.01. The molecule has 2 atom stereocenters. The topological polar surface area (TPSA) is 12.0 Å². The van der Waals surface area contributed by atoms with Gasteiger partial charge in [-0.05, 0) is 50.2 Å². The molecule has 0 spiro atoms. The predicted molar refractivity (Wildman–Crippen MR) is 62.4 cm³/mol. The molecule has 13 heavy (non-hydrogen) atoms. The van der Waals surface area contributed by atoms with E-state index in [-0.39, 0.29) is 0 Å². The summed E-state index contributed by atoms with van der Waals surface area (Å²) < 4.78 is 0. The number of rotatable bonds is 5. The van der Waals surface area contributed by atoms with Gasteiger partial charge in [-0.3, -0.25) is 0 Å². The number of nitrogens with one attached hydrogen (secondary N) is 1. The maximum absolute atomic E-state index is 3.63. The molecule has 1 fully saturated rings. The Morgan fingerprint density at radius 3 is 3.00 bits per heavy atom. The van der Waals surface area contributed by atoms with Crippen LogP contribution >= 0.6 is 11.8 Å². The van der Waals surface area contributed by atoms with Crippen molar-refractivity contribution in [3.63, 3.8) is 0 Å². The van der Waals surface area contributed by atoms with E-state index in [1.54, 1.807) is 0 Å². The lowest BCUT2D eigenvalue weighted by Crippen LogP contribution is -2.37. The summed E-state index contributed by atoms with van der Waals surface area (Å²) in [6.07, 6.45) is 9.16. The highest BCUT2D eigenvalue weighted by molar-refractivity contribution is 7.98. The van der Waals surface area contributed by atoms with Gasteiger partial charge in [-0.25, -0.2) is 0 Å². The molecule has 1 aliphatic heterocycles. The van der Waals surface area contributed by atoms with Crippen molar-refractivity contribution in [2.45, 2.75) is 45.1 Å². The Balaban J connectivity index is 2.11. The molecule has 0 amide bonds. The van der Waals surface area contributed by atoms with Crippen molar-refractivity contribution in [3.8, 4) is 0 Å². The average molecular weight is 201 g/mol. The van der Waals surface area contributed by atoms with Crippen LogP contribution in [0.3, 0.4) is 0 Å². The van der Waals surface area contributed by atoms with E-state index in [1.165, 1.54) is 44.4 Å². The SMILES string of the molecule is CCC1CCNC(CCCSC)C1. The summed E-state index contributed by atoms with van der Waals surface area (Å²) in [7, 11) is 0. The second-order valence-corrected chi connectivity index (χ2v) is 5.07. The Kier molecular flexibility index (Phi) is 5.88. The van der Waals surface area contributed by atoms with Crippen LogP contribution in [-0.2, 0) is 0 Å². The monoisotopic (exact) mass is 201 g/mol. The summed E-state index contributed by atoms with van der Waals surface area (Å²) in [4.78, 5) is 0. The molecule has 0 radical (unpaired) electrons. The van der Waals surface area contributed by atoms with Crippen molar-refractivity contribution in [1.29, 1.82) is 0 Å². The van der Waals surface area contributed by atoms with Crippen molar-refractivity contribution < 1.29 is 0 Å². The van der Waals surface area contributed by atoms with Crippen LogP contribution in [0.4, 0.5) is 0 Å². The lowest BCUT2D eigenvalue weighted by atomic mass is 9.89. The van der Waals surface area contributed by atoms with Gasteiger partial charge in [0, 0.05) is 6.04 Å². The van der Waals surface area contributed by atoms with Gasteiger partial charge in [-0.2, -0.15) is 11.8 Å². The fourth-order valence-corrected chi connectivity index (χ4v) is 2.62. The number of piperidine rings is 1. The van der Waals surface area contributed by atoms with Crippen LogP contribution in [-0.4, -0.2) is 24.6 Å². The Bertz CT molecular complexity index is 127. The van der Waals surface area contributed by atoms with Gasteiger partial charge < -0.3 is 5.32 Å². The van der Waals surface area contributed by atoms with Gasteiger partial charge in [-0.1, -0.05) is 13.3 Å². The van der Waals surface area contributed by atoms with Gasteiger partial charge in [0.15, 0.2) is 0 Å². The first-order valence-electron chi connectivity index (χ1n) is 5.59. The second-order valence-electron chi connectivity index (χ2n) is 4.08. The van der Waals surface area contributed by atoms with Gasteiger partial charge in [0.1, 0.15) is 0 Å². The average Bonchev–Trinajstić information content (AvgIpc) is 2.19. The number of thioether (sulfide) groups is 1. The van der Waals surface area contributed by atoms with Crippen LogP contribution in [0, 0.1) is 5.92 Å². The van der Waals surface area contributed by atoms with Crippen LogP contribution in [0.5, 0.6) is 0 Å². The van der Waals surface area contributed by atoms with Crippen molar-refractivity contribution in [2.24, 2.45) is 5.92 Å². The molecule has 1 heterocycles. The van der Waals surface area contributed by atoms with Crippen molar-refractivity contribution in [3.05, 3.63) is 0 Å². The van der Waals surface area contributed by atoms with E-state index in [2.05, 4.69) is 18.5 Å². The molecule has 2 unspecified atom stereocenters. The summed E-state index contributed by atoms with van der Waals surface area (Å²) in [6, 6.07) is 0.825. The maximum atomic E-state index is 3.63. The van der Waals surface area contributed by atoms with Gasteiger partial charge in [0.2, 0.25) is 0 Å². The summed E-state index contributed by atoms with van der Waals surface area (Å²) >= 11 is 1.97. The van der Waals surface area contributed by atoms with E-state index in [1.807, 2.05) is 11.8 Å². The van der Waals surface area contributed by atoms with E-state index in [4.69, 9.17) is 0 Å². The molecule has 1 nitrogen and oxygen atoms in total. The fraction of sp³-hybridized carbons (Fsp3) is 1.00. The van der Waals surface area contributed by atoms with Crippen molar-refractivity contribution in [1.82, 2.24) is 5.32 Å². The summed E-state index contributed by atoms with van der Waals surface area (Å²) in [5, 5.41) is 3.63. The van der Waals surface area contributed by atoms with Crippen LogP contribution < -0.4 is 5.32 Å². The molecule has 0 aliphatic carbocycles. The van der Waals surface area contributed by atoms with E-state index >= 15 is 0 Å². The molecule has 2 heteroatoms. The Labute approximate surface area is 87.1 Å². The van der Waals surface area contributed by atoms with Crippen molar-refractivity contribution in [2.75, 3.05) is 18.6 Å². The van der Waals surface area contributed by atoms with Gasteiger partial charge >= 0.3 is 0 Å². The molecule has 0 aromatic rings. The first-order valence-corrected chi connectivity index (χ1v) is 6.98. The molecule has 1 saturated heterocycles. The molecular formula is C11H23NS. The van der Waals surface area contributed by atoms with E-state index in [9.17, 15) is 0 Å². The molecular weight excluding hydrogens is 178 g/mol. The summed E-state index contributed by atoms with van der Waals surface area (Å²) in [6.45, 7) is 3.58. The summed E-state index contributed by atoms with van der Waals surface area (Å²) in [5.41, 5.74) is 0. The van der Waals surface area contributed by atoms with E-state index in [0.717, 1.165) is 12.0 Å². The molecule has 0 bridgehead atoms. The normalized spacial score (nSPS) is 29.1. The lowest BCUT2D eigenvalue weighted by molar-refractivity contribution is 0.284. The van der Waals surface area contributed by atoms with Crippen LogP contribution in [0.1, 0.15) is 39.0 Å². The number of hydrogen-bond donors (Lipinski definition) is 1. The Morgan fingerprint density at radius 1 is 1.46 bits per heavy atom. The largest absolute Gasteiger partial charge is 0.314 e. The highest BCUT2D eigenvalue weighted by Gasteiger charge is 2.19. The Morgan fingerprint density at radius 2 is 2.31 bits per heavy atom. The molecule has 0 aromatic carbocycles. The summed E-state index contributed by atoms with van der Waals surface area (Å²) in [5.74, 6) is 2.33. The smallest absolute Gasteiger partial charge is 0.00700 e. The first kappa shape index (κ1) is 11.4. The van der Waals surface area contributed by atoms with Gasteiger partial charge in [-0.15, -0.1) is 0 Å². The van der Waals surface area contributed by atoms with Gasteiger partial charge in [0.05, 0.1) is 0 Å². The maximum Gasteiger partial charge on any atom is 0.00700 e. The molecule has 1 aliphatic rings. The molecule has 0 saturated carbocycles. The predicted octanol–water partition coefficient (Wildman–Crippen LogP) is 2.91. The molecule has 0 aromatic heterocycles. The quantitative estimate of drug-likeness (QED) is 0.686. The fourth-order valence-electron chi connectivity index (χ4n) is 2.16. The third kappa shape index (κ3) is 4.37. The van der Waals surface area contributed by atoms with E-state index in [0.29, 0.717) is 0 Å². The minimum Gasteiger partial charge on any atom is -0.314 e. The zero-order chi connectivity index (χ0) is 9.52. The van der Waals surface area contributed by atoms with Gasteiger partial charge in [0.25, 0.3) is 0 Å². The second kappa shape index (κ2) is 6.72. The minimum absolute atomic E-state index is 0.825. The first-order chi connectivity index (χ1) is 6.36. The van der Waals surface area contributed by atoms with Crippen LogP contribution in [0.2, 0.25) is 0 Å².